The molecule has 0 aromatic heterocycles. The molecular formula is C33H27Cl2NOSiTi. The Bertz CT molecular complexity index is 1470. The van der Waals surface area contributed by atoms with E-state index < -0.39 is 5.91 Å². The summed E-state index contributed by atoms with van der Waals surface area (Å²) >= 11 is 0. The van der Waals surface area contributed by atoms with Gasteiger partial charge < -0.3 is 35.3 Å². The first-order chi connectivity index (χ1) is 17.6. The van der Waals surface area contributed by atoms with Gasteiger partial charge in [-0.1, -0.05) is 132 Å². The third kappa shape index (κ3) is 9.89. The second-order valence-corrected chi connectivity index (χ2v) is 9.72. The van der Waals surface area contributed by atoms with Crippen molar-refractivity contribution in [2.75, 3.05) is 0 Å². The predicted molar refractivity (Wildman–Crippen MR) is 155 cm³/mol. The molecule has 0 saturated heterocycles. The largest absolute Gasteiger partial charge is 4.00 e. The molecule has 0 spiro atoms. The van der Waals surface area contributed by atoms with Gasteiger partial charge in [-0.2, -0.15) is 0 Å². The Morgan fingerprint density at radius 1 is 0.590 bits per heavy atom. The molecule has 0 unspecified atom stereocenters. The first-order valence-electron chi connectivity index (χ1n) is 11.8. The van der Waals surface area contributed by atoms with E-state index in [-0.39, 0.29) is 46.5 Å². The minimum atomic E-state index is -0.613. The van der Waals surface area contributed by atoms with Gasteiger partial charge in [-0.25, -0.2) is 0 Å². The molecule has 0 aliphatic rings. The summed E-state index contributed by atoms with van der Waals surface area (Å²) in [4.78, 5) is 10.5. The third-order valence-corrected chi connectivity index (χ3v) is 6.99. The van der Waals surface area contributed by atoms with Crippen LogP contribution >= 0.6 is 0 Å². The summed E-state index contributed by atoms with van der Waals surface area (Å²) in [7, 11) is 0.777. The van der Waals surface area contributed by atoms with Crippen molar-refractivity contribution in [2.45, 2.75) is 6.92 Å². The van der Waals surface area contributed by atoms with Gasteiger partial charge >= 0.3 is 21.7 Å². The Morgan fingerprint density at radius 3 is 1.38 bits per heavy atom. The fraction of sp³-hybridized carbons (Fsp3) is 0.0303. The summed E-state index contributed by atoms with van der Waals surface area (Å²) < 4.78 is 0. The van der Waals surface area contributed by atoms with Gasteiger partial charge in [0.25, 0.3) is 0 Å². The summed E-state index contributed by atoms with van der Waals surface area (Å²) in [5.41, 5.74) is 8.17. The molecule has 0 aliphatic heterocycles. The summed E-state index contributed by atoms with van der Waals surface area (Å²) in [6.07, 6.45) is 0. The zero-order valence-corrected chi connectivity index (χ0v) is 25.5. The minimum Gasteiger partial charge on any atom is -1.00 e. The smallest absolute Gasteiger partial charge is 1.00 e. The van der Waals surface area contributed by atoms with Crippen molar-refractivity contribution in [1.29, 1.82) is 0 Å². The minimum absolute atomic E-state index is 0. The number of amides is 1. The second kappa shape index (κ2) is 17.5. The average Bonchev–Trinajstić information content (AvgIpc) is 3.30. The standard InChI is InChI=1S/C13H9.C12H10Si.C8H9NO.2ClH.Ti/c1-3-7-12-10(5-1)9-11-6-2-4-8-13(11)12;1-3-7-11(8-4-1)13-12-9-5-2-6-10-12;1-6-4-2-3-5-7(6)8(9)10;;;/h1-9H;1-10H;2-5H,1H3,(H2,9,10);2*1H;/q-1;;;;;+4/p-3. The van der Waals surface area contributed by atoms with Gasteiger partial charge in [0.05, 0.1) is 5.91 Å². The molecule has 1 N–H and O–H groups in total. The number of hydrogen-bond acceptors (Lipinski definition) is 1. The summed E-state index contributed by atoms with van der Waals surface area (Å²) in [5, 5.41) is 8.19. The van der Waals surface area contributed by atoms with E-state index >= 15 is 0 Å². The fourth-order valence-electron chi connectivity index (χ4n) is 3.94. The number of nitrogens with one attached hydrogen (secondary N) is 1. The van der Waals surface area contributed by atoms with Crippen LogP contribution in [0.25, 0.3) is 27.3 Å². The van der Waals surface area contributed by atoms with Gasteiger partial charge in [0, 0.05) is 5.56 Å². The van der Waals surface area contributed by atoms with E-state index in [0.29, 0.717) is 5.56 Å². The van der Waals surface area contributed by atoms with Crippen molar-refractivity contribution in [2.24, 2.45) is 0 Å². The SMILES string of the molecule is Cc1ccccc1C([NH-])=O.[Cl-].[Cl-].[Ti+4].c1ccc([Si]c2ccccc2)cc1.c1ccc2c(c1)[cH-]c1ccccc12. The van der Waals surface area contributed by atoms with Gasteiger partial charge in [0.15, 0.2) is 0 Å². The van der Waals surface area contributed by atoms with Gasteiger partial charge in [-0.3, -0.25) is 0 Å². The summed E-state index contributed by atoms with van der Waals surface area (Å²) in [6.45, 7) is 1.82. The van der Waals surface area contributed by atoms with E-state index in [1.807, 2.05) is 19.1 Å². The van der Waals surface area contributed by atoms with E-state index in [1.54, 1.807) is 12.1 Å². The molecule has 0 atom stereocenters. The Balaban J connectivity index is 0.000000285. The number of hydrogen-bond donors (Lipinski definition) is 0. The zero-order chi connectivity index (χ0) is 25.2. The summed E-state index contributed by atoms with van der Waals surface area (Å²) in [5.74, 6) is -0.613. The van der Waals surface area contributed by atoms with Crippen LogP contribution in [0.1, 0.15) is 15.9 Å². The second-order valence-electron chi connectivity index (χ2n) is 8.32. The quantitative estimate of drug-likeness (QED) is 0.223. The topological polar surface area (TPSA) is 40.9 Å². The average molecular weight is 600 g/mol. The van der Waals surface area contributed by atoms with Crippen molar-refractivity contribution >= 4 is 47.3 Å². The van der Waals surface area contributed by atoms with Gasteiger partial charge in [-0.15, -0.1) is 39.7 Å². The molecule has 6 rings (SSSR count). The third-order valence-electron chi connectivity index (χ3n) is 5.75. The number of carbonyl (C=O) groups is 1. The molecule has 2 radical (unpaired) electrons. The molecule has 2 nitrogen and oxygen atoms in total. The Morgan fingerprint density at radius 2 is 0.974 bits per heavy atom. The van der Waals surface area contributed by atoms with Crippen molar-refractivity contribution in [3.8, 4) is 0 Å². The van der Waals surface area contributed by atoms with E-state index in [9.17, 15) is 4.79 Å². The summed E-state index contributed by atoms with van der Waals surface area (Å²) in [6, 6.07) is 47.5. The van der Waals surface area contributed by atoms with Crippen LogP contribution in [0.4, 0.5) is 0 Å². The van der Waals surface area contributed by atoms with Gasteiger partial charge in [0.2, 0.25) is 0 Å². The van der Waals surface area contributed by atoms with Crippen LogP contribution in [0.15, 0.2) is 140 Å². The maximum atomic E-state index is 10.5. The number of halogens is 2. The van der Waals surface area contributed by atoms with Crippen LogP contribution < -0.4 is 35.2 Å². The molecule has 192 valence electrons. The van der Waals surface area contributed by atoms with Crippen molar-refractivity contribution < 1.29 is 51.3 Å². The molecule has 6 aromatic carbocycles. The van der Waals surface area contributed by atoms with Gasteiger partial charge in [-0.05, 0) is 12.5 Å². The number of benzene rings is 5. The zero-order valence-electron chi connectivity index (χ0n) is 21.4. The Hall–Kier alpha value is -3.05. The monoisotopic (exact) mass is 599 g/mol. The molecule has 39 heavy (non-hydrogen) atoms. The molecule has 0 bridgehead atoms. The maximum absolute atomic E-state index is 10.5. The van der Waals surface area contributed by atoms with Crippen LogP contribution in [0.5, 0.6) is 0 Å². The maximum Gasteiger partial charge on any atom is 4.00 e. The van der Waals surface area contributed by atoms with E-state index in [2.05, 4.69) is 115 Å². The number of rotatable bonds is 3. The Kier molecular flexibility index (Phi) is 15.3. The van der Waals surface area contributed by atoms with E-state index in [1.165, 1.54) is 31.9 Å². The molecule has 0 fully saturated rings. The Labute approximate surface area is 260 Å². The van der Waals surface area contributed by atoms with Crippen LogP contribution in [-0.4, -0.2) is 15.4 Å². The molecule has 6 aromatic rings. The van der Waals surface area contributed by atoms with E-state index in [0.717, 1.165) is 15.1 Å². The molecule has 0 heterocycles. The van der Waals surface area contributed by atoms with Crippen LogP contribution in [-0.2, 0) is 21.7 Å². The van der Waals surface area contributed by atoms with Crippen LogP contribution in [0.2, 0.25) is 0 Å². The number of fused-ring (bicyclic) bond motifs is 3. The van der Waals surface area contributed by atoms with E-state index in [4.69, 9.17) is 5.73 Å². The van der Waals surface area contributed by atoms with Crippen molar-refractivity contribution in [1.82, 2.24) is 0 Å². The molecule has 0 aliphatic carbocycles. The molecular weight excluding hydrogens is 573 g/mol. The number of aryl methyl sites for hydroxylation is 1. The van der Waals surface area contributed by atoms with Gasteiger partial charge in [0.1, 0.15) is 9.52 Å². The normalized spacial score (nSPS) is 9.36. The van der Waals surface area contributed by atoms with Crippen molar-refractivity contribution in [3.05, 3.63) is 156 Å². The molecule has 6 heteroatoms. The molecule has 1 amide bonds. The van der Waals surface area contributed by atoms with Crippen molar-refractivity contribution in [3.63, 3.8) is 0 Å². The fourth-order valence-corrected chi connectivity index (χ4v) is 4.99. The van der Waals surface area contributed by atoms with Crippen LogP contribution in [0.3, 0.4) is 0 Å². The first-order valence-corrected chi connectivity index (χ1v) is 12.8. The number of carbonyl (C=O) groups excluding carboxylic acids is 1. The predicted octanol–water partition coefficient (Wildman–Crippen LogP) is 1.25. The molecule has 0 saturated carbocycles. The van der Waals surface area contributed by atoms with Crippen LogP contribution in [0, 0.1) is 6.92 Å². The first kappa shape index (κ1) is 34.0.